The van der Waals surface area contributed by atoms with E-state index >= 15 is 0 Å². The second kappa shape index (κ2) is 11.1. The number of morpholine rings is 1. The summed E-state index contributed by atoms with van der Waals surface area (Å²) < 4.78 is 10.8. The molecule has 27 heavy (non-hydrogen) atoms. The Balaban J connectivity index is 1.85. The number of hydrogen-bond donors (Lipinski definition) is 2. The van der Waals surface area contributed by atoms with E-state index in [1.54, 1.807) is 7.11 Å². The quantitative estimate of drug-likeness (QED) is 0.393. The third kappa shape index (κ3) is 7.39. The minimum absolute atomic E-state index is 0.0648. The summed E-state index contributed by atoms with van der Waals surface area (Å²) in [4.78, 5) is 7.28. The van der Waals surface area contributed by atoms with Crippen LogP contribution in [0.2, 0.25) is 0 Å². The van der Waals surface area contributed by atoms with E-state index in [1.807, 2.05) is 12.1 Å². The molecule has 6 heteroatoms. The normalized spacial score (nSPS) is 16.2. The van der Waals surface area contributed by atoms with Gasteiger partial charge in [0.1, 0.15) is 5.75 Å². The van der Waals surface area contributed by atoms with Crippen LogP contribution in [0.3, 0.4) is 0 Å². The fraction of sp³-hybridized carbons (Fsp3) is 0.667. The Morgan fingerprint density at radius 2 is 2.04 bits per heavy atom. The molecule has 2 rings (SSSR count). The number of guanidine groups is 1. The van der Waals surface area contributed by atoms with E-state index in [9.17, 15) is 0 Å². The van der Waals surface area contributed by atoms with Crippen molar-refractivity contribution in [2.75, 3.05) is 59.6 Å². The Morgan fingerprint density at radius 3 is 2.74 bits per heavy atom. The first-order chi connectivity index (χ1) is 13.0. The molecular formula is C21H36N4O2. The topological polar surface area (TPSA) is 58.1 Å². The van der Waals surface area contributed by atoms with Crippen molar-refractivity contribution in [3.8, 4) is 5.75 Å². The van der Waals surface area contributed by atoms with Crippen molar-refractivity contribution in [3.05, 3.63) is 29.8 Å². The van der Waals surface area contributed by atoms with Crippen LogP contribution in [0.25, 0.3) is 0 Å². The molecule has 0 radical (unpaired) electrons. The molecule has 1 aromatic carbocycles. The number of nitrogens with zero attached hydrogens (tertiary/aromatic N) is 2. The van der Waals surface area contributed by atoms with Crippen molar-refractivity contribution in [1.82, 2.24) is 15.5 Å². The van der Waals surface area contributed by atoms with Gasteiger partial charge in [-0.3, -0.25) is 9.89 Å². The molecule has 0 spiro atoms. The van der Waals surface area contributed by atoms with Gasteiger partial charge in [-0.25, -0.2) is 0 Å². The highest BCUT2D eigenvalue weighted by atomic mass is 16.5. The van der Waals surface area contributed by atoms with Gasteiger partial charge in [-0.2, -0.15) is 0 Å². The molecule has 0 amide bonds. The van der Waals surface area contributed by atoms with Gasteiger partial charge in [-0.1, -0.05) is 26.0 Å². The first-order valence-electron chi connectivity index (χ1n) is 10.0. The Labute approximate surface area is 164 Å². The molecule has 0 aliphatic carbocycles. The lowest BCUT2D eigenvalue weighted by Crippen LogP contribution is -2.41. The molecule has 0 aromatic heterocycles. The number of hydrogen-bond acceptors (Lipinski definition) is 4. The van der Waals surface area contributed by atoms with E-state index in [0.717, 1.165) is 64.1 Å². The molecule has 1 aliphatic rings. The summed E-state index contributed by atoms with van der Waals surface area (Å²) in [6.45, 7) is 13.9. The summed E-state index contributed by atoms with van der Waals surface area (Å²) in [5.41, 5.74) is 1.17. The number of methoxy groups -OCH3 is 1. The summed E-state index contributed by atoms with van der Waals surface area (Å²) in [6, 6.07) is 8.25. The SMILES string of the molecule is CCNC(=NCC(C)(C)c1cccc(OC)c1)NCCCN1CCOCC1. The predicted molar refractivity (Wildman–Crippen MR) is 112 cm³/mol. The molecule has 6 nitrogen and oxygen atoms in total. The summed E-state index contributed by atoms with van der Waals surface area (Å²) in [5, 5.41) is 6.81. The average molecular weight is 377 g/mol. The predicted octanol–water partition coefficient (Wildman–Crippen LogP) is 2.25. The highest BCUT2D eigenvalue weighted by molar-refractivity contribution is 5.79. The summed E-state index contributed by atoms with van der Waals surface area (Å²) >= 11 is 0. The van der Waals surface area contributed by atoms with E-state index in [0.29, 0.717) is 6.54 Å². The van der Waals surface area contributed by atoms with Crippen LogP contribution in [0.15, 0.2) is 29.3 Å². The van der Waals surface area contributed by atoms with Crippen molar-refractivity contribution in [2.24, 2.45) is 4.99 Å². The van der Waals surface area contributed by atoms with Crippen LogP contribution in [0.4, 0.5) is 0 Å². The Hall–Kier alpha value is -1.79. The average Bonchev–Trinajstić information content (AvgIpc) is 2.70. The molecule has 1 aromatic rings. The number of ether oxygens (including phenoxy) is 2. The van der Waals surface area contributed by atoms with E-state index in [4.69, 9.17) is 14.5 Å². The molecule has 152 valence electrons. The van der Waals surface area contributed by atoms with E-state index in [-0.39, 0.29) is 5.41 Å². The lowest BCUT2D eigenvalue weighted by molar-refractivity contribution is 0.0376. The number of rotatable bonds is 9. The van der Waals surface area contributed by atoms with Gasteiger partial charge in [-0.15, -0.1) is 0 Å². The number of nitrogens with one attached hydrogen (secondary N) is 2. The maximum Gasteiger partial charge on any atom is 0.191 e. The highest BCUT2D eigenvalue weighted by Gasteiger charge is 2.21. The lowest BCUT2D eigenvalue weighted by Gasteiger charge is -2.26. The summed E-state index contributed by atoms with van der Waals surface area (Å²) in [7, 11) is 1.70. The van der Waals surface area contributed by atoms with Gasteiger partial charge >= 0.3 is 0 Å². The van der Waals surface area contributed by atoms with Crippen LogP contribution in [0, 0.1) is 0 Å². The molecule has 1 saturated heterocycles. The monoisotopic (exact) mass is 376 g/mol. The third-order valence-electron chi connectivity index (χ3n) is 4.88. The zero-order valence-electron chi connectivity index (χ0n) is 17.4. The smallest absolute Gasteiger partial charge is 0.191 e. The van der Waals surface area contributed by atoms with Crippen molar-refractivity contribution < 1.29 is 9.47 Å². The van der Waals surface area contributed by atoms with Gasteiger partial charge in [0.05, 0.1) is 26.9 Å². The van der Waals surface area contributed by atoms with Crippen molar-refractivity contribution in [1.29, 1.82) is 0 Å². The van der Waals surface area contributed by atoms with Gasteiger partial charge in [-0.05, 0) is 37.6 Å². The Bertz CT molecular complexity index is 583. The maximum atomic E-state index is 5.40. The van der Waals surface area contributed by atoms with Crippen molar-refractivity contribution >= 4 is 5.96 Å². The Kier molecular flexibility index (Phi) is 8.88. The molecular weight excluding hydrogens is 340 g/mol. The van der Waals surface area contributed by atoms with Gasteiger partial charge in [0.2, 0.25) is 0 Å². The number of aliphatic imine (C=N–C) groups is 1. The minimum Gasteiger partial charge on any atom is -0.497 e. The first kappa shape index (κ1) is 21.5. The molecule has 2 N–H and O–H groups in total. The van der Waals surface area contributed by atoms with Crippen LogP contribution in [-0.4, -0.2) is 70.5 Å². The molecule has 0 atom stereocenters. The van der Waals surface area contributed by atoms with Crippen LogP contribution in [0.1, 0.15) is 32.8 Å². The fourth-order valence-corrected chi connectivity index (χ4v) is 3.09. The Morgan fingerprint density at radius 1 is 1.26 bits per heavy atom. The largest absolute Gasteiger partial charge is 0.497 e. The molecule has 1 heterocycles. The zero-order chi connectivity index (χ0) is 19.5. The standard InChI is InChI=1S/C21H36N4O2/c1-5-22-20(23-10-7-11-25-12-14-27-15-13-25)24-17-21(2,3)18-8-6-9-19(16-18)26-4/h6,8-9,16H,5,7,10-15,17H2,1-4H3,(H2,22,23,24). The van der Waals surface area contributed by atoms with Crippen LogP contribution in [0.5, 0.6) is 5.75 Å². The molecule has 0 saturated carbocycles. The van der Waals surface area contributed by atoms with Gasteiger partial charge < -0.3 is 20.1 Å². The van der Waals surface area contributed by atoms with E-state index in [1.165, 1.54) is 5.56 Å². The fourth-order valence-electron chi connectivity index (χ4n) is 3.09. The molecule has 0 unspecified atom stereocenters. The van der Waals surface area contributed by atoms with Gasteiger partial charge in [0, 0.05) is 31.6 Å². The van der Waals surface area contributed by atoms with E-state index in [2.05, 4.69) is 48.4 Å². The number of benzene rings is 1. The second-order valence-electron chi connectivity index (χ2n) is 7.55. The van der Waals surface area contributed by atoms with E-state index < -0.39 is 0 Å². The second-order valence-corrected chi connectivity index (χ2v) is 7.55. The zero-order valence-corrected chi connectivity index (χ0v) is 17.4. The summed E-state index contributed by atoms with van der Waals surface area (Å²) in [5.74, 6) is 1.77. The van der Waals surface area contributed by atoms with Crippen molar-refractivity contribution in [2.45, 2.75) is 32.6 Å². The van der Waals surface area contributed by atoms with Crippen molar-refractivity contribution in [3.63, 3.8) is 0 Å². The molecule has 0 bridgehead atoms. The minimum atomic E-state index is -0.0648. The molecule has 1 aliphatic heterocycles. The molecule has 1 fully saturated rings. The third-order valence-corrected chi connectivity index (χ3v) is 4.88. The maximum absolute atomic E-state index is 5.40. The van der Waals surface area contributed by atoms with Crippen LogP contribution >= 0.6 is 0 Å². The van der Waals surface area contributed by atoms with Crippen LogP contribution in [-0.2, 0) is 10.2 Å². The highest BCUT2D eigenvalue weighted by Crippen LogP contribution is 2.26. The van der Waals surface area contributed by atoms with Crippen LogP contribution < -0.4 is 15.4 Å². The van der Waals surface area contributed by atoms with Gasteiger partial charge in [0.15, 0.2) is 5.96 Å². The van der Waals surface area contributed by atoms with Gasteiger partial charge in [0.25, 0.3) is 0 Å². The first-order valence-corrected chi connectivity index (χ1v) is 10.0. The lowest BCUT2D eigenvalue weighted by atomic mass is 9.85. The summed E-state index contributed by atoms with van der Waals surface area (Å²) in [6.07, 6.45) is 1.10.